The van der Waals surface area contributed by atoms with Gasteiger partial charge < -0.3 is 24.4 Å². The van der Waals surface area contributed by atoms with Gasteiger partial charge in [-0.2, -0.15) is 13.2 Å². The first-order valence-corrected chi connectivity index (χ1v) is 11.0. The van der Waals surface area contributed by atoms with Gasteiger partial charge in [0.15, 0.2) is 24.7 Å². The summed E-state index contributed by atoms with van der Waals surface area (Å²) < 4.78 is 53.6. The number of likely N-dealkylation sites (tertiary alicyclic amines) is 1. The molecule has 1 fully saturated rings. The van der Waals surface area contributed by atoms with Crippen molar-refractivity contribution in [3.05, 3.63) is 48.0 Å². The summed E-state index contributed by atoms with van der Waals surface area (Å²) in [6.07, 6.45) is -1.44. The SMILES string of the molecule is CCOc1cc(C(=O)Nc2ccccc2OCC(F)(F)F)ccc1OCC(=O)N1CCCCC1. The molecule has 10 heteroatoms. The maximum absolute atomic E-state index is 12.8. The van der Waals surface area contributed by atoms with Gasteiger partial charge in [0.05, 0.1) is 12.3 Å². The lowest BCUT2D eigenvalue weighted by Crippen LogP contribution is -2.38. The lowest BCUT2D eigenvalue weighted by Gasteiger charge is -2.26. The molecule has 2 aromatic carbocycles. The number of nitrogens with one attached hydrogen (secondary N) is 1. The van der Waals surface area contributed by atoms with E-state index in [4.69, 9.17) is 14.2 Å². The molecule has 0 unspecified atom stereocenters. The van der Waals surface area contributed by atoms with Gasteiger partial charge in [0.25, 0.3) is 11.8 Å². The molecule has 0 radical (unpaired) electrons. The van der Waals surface area contributed by atoms with Gasteiger partial charge in [0.1, 0.15) is 5.75 Å². The number of hydrogen-bond donors (Lipinski definition) is 1. The number of carbonyl (C=O) groups is 2. The number of amides is 2. The molecule has 0 saturated carbocycles. The van der Waals surface area contributed by atoms with Crippen LogP contribution < -0.4 is 19.5 Å². The number of nitrogens with zero attached hydrogens (tertiary/aromatic N) is 1. The standard InChI is InChI=1S/C24H27F3N2O5/c1-2-32-21-14-17(10-11-20(21)33-15-22(30)29-12-6-3-7-13-29)23(31)28-18-8-4-5-9-19(18)34-16-24(25,26)27/h4-5,8-11,14H,2-3,6-7,12-13,15-16H2,1H3,(H,28,31). The second kappa shape index (κ2) is 11.6. The van der Waals surface area contributed by atoms with Gasteiger partial charge in [-0.15, -0.1) is 0 Å². The van der Waals surface area contributed by atoms with Crippen LogP contribution in [0.5, 0.6) is 17.2 Å². The summed E-state index contributed by atoms with van der Waals surface area (Å²) in [6.45, 7) is 1.88. The van der Waals surface area contributed by atoms with E-state index in [1.165, 1.54) is 36.4 Å². The summed E-state index contributed by atoms with van der Waals surface area (Å²) in [5.41, 5.74) is 0.297. The molecule has 0 aromatic heterocycles. The molecule has 7 nitrogen and oxygen atoms in total. The molecule has 1 aliphatic rings. The first kappa shape index (κ1) is 25.2. The first-order valence-electron chi connectivity index (χ1n) is 11.0. The maximum atomic E-state index is 12.8. The van der Waals surface area contributed by atoms with Crippen molar-refractivity contribution in [2.24, 2.45) is 0 Å². The van der Waals surface area contributed by atoms with Crippen LogP contribution in [0, 0.1) is 0 Å². The highest BCUT2D eigenvalue weighted by Gasteiger charge is 2.29. The van der Waals surface area contributed by atoms with Crippen molar-refractivity contribution in [1.82, 2.24) is 4.90 Å². The molecule has 1 N–H and O–H groups in total. The molecule has 0 atom stereocenters. The normalized spacial score (nSPS) is 13.8. The van der Waals surface area contributed by atoms with Crippen LogP contribution in [0.2, 0.25) is 0 Å². The minimum absolute atomic E-state index is 0.0992. The van der Waals surface area contributed by atoms with Crippen LogP contribution in [-0.2, 0) is 4.79 Å². The number of ether oxygens (including phenoxy) is 3. The fourth-order valence-electron chi connectivity index (χ4n) is 3.46. The molecule has 1 heterocycles. The summed E-state index contributed by atoms with van der Waals surface area (Å²) in [4.78, 5) is 26.9. The van der Waals surface area contributed by atoms with E-state index in [1.807, 2.05) is 0 Å². The van der Waals surface area contributed by atoms with Crippen LogP contribution in [0.15, 0.2) is 42.5 Å². The highest BCUT2D eigenvalue weighted by molar-refractivity contribution is 6.05. The lowest BCUT2D eigenvalue weighted by atomic mass is 10.1. The maximum Gasteiger partial charge on any atom is 0.422 e. The molecule has 34 heavy (non-hydrogen) atoms. The molecular weight excluding hydrogens is 453 g/mol. The minimum atomic E-state index is -4.51. The minimum Gasteiger partial charge on any atom is -0.490 e. The van der Waals surface area contributed by atoms with Gasteiger partial charge >= 0.3 is 6.18 Å². The van der Waals surface area contributed by atoms with Crippen LogP contribution in [0.25, 0.3) is 0 Å². The number of piperidine rings is 1. The van der Waals surface area contributed by atoms with Crippen molar-refractivity contribution in [2.45, 2.75) is 32.4 Å². The Hall–Kier alpha value is -3.43. The Bertz CT molecular complexity index is 991. The van der Waals surface area contributed by atoms with E-state index in [1.54, 1.807) is 17.9 Å². The van der Waals surface area contributed by atoms with Crippen molar-refractivity contribution < 1.29 is 37.0 Å². The van der Waals surface area contributed by atoms with Crippen molar-refractivity contribution >= 4 is 17.5 Å². The van der Waals surface area contributed by atoms with Gasteiger partial charge in [-0.3, -0.25) is 9.59 Å². The Morgan fingerprint density at radius 1 is 0.941 bits per heavy atom. The number of alkyl halides is 3. The van der Waals surface area contributed by atoms with Crippen molar-refractivity contribution in [2.75, 3.05) is 38.2 Å². The molecule has 0 spiro atoms. The van der Waals surface area contributed by atoms with Crippen molar-refractivity contribution in [3.8, 4) is 17.2 Å². The average molecular weight is 480 g/mol. The fraction of sp³-hybridized carbons (Fsp3) is 0.417. The van der Waals surface area contributed by atoms with E-state index in [9.17, 15) is 22.8 Å². The highest BCUT2D eigenvalue weighted by atomic mass is 19.4. The third-order valence-electron chi connectivity index (χ3n) is 5.09. The largest absolute Gasteiger partial charge is 0.490 e. The van der Waals surface area contributed by atoms with Gasteiger partial charge in [-0.05, 0) is 56.5 Å². The van der Waals surface area contributed by atoms with E-state index >= 15 is 0 Å². The summed E-state index contributed by atoms with van der Waals surface area (Å²) in [7, 11) is 0. The quantitative estimate of drug-likeness (QED) is 0.565. The zero-order valence-corrected chi connectivity index (χ0v) is 18.8. The van der Waals surface area contributed by atoms with Gasteiger partial charge in [0.2, 0.25) is 0 Å². The van der Waals surface area contributed by atoms with E-state index in [0.29, 0.717) is 25.4 Å². The van der Waals surface area contributed by atoms with Crippen LogP contribution in [0.3, 0.4) is 0 Å². The first-order chi connectivity index (χ1) is 16.3. The topological polar surface area (TPSA) is 77.1 Å². The third kappa shape index (κ3) is 7.29. The summed E-state index contributed by atoms with van der Waals surface area (Å²) in [6, 6.07) is 10.3. The Morgan fingerprint density at radius 3 is 2.38 bits per heavy atom. The van der Waals surface area contributed by atoms with Crippen molar-refractivity contribution in [3.63, 3.8) is 0 Å². The Morgan fingerprint density at radius 2 is 1.68 bits per heavy atom. The van der Waals surface area contributed by atoms with Crippen LogP contribution >= 0.6 is 0 Å². The second-order valence-corrected chi connectivity index (χ2v) is 7.68. The lowest BCUT2D eigenvalue weighted by molar-refractivity contribution is -0.153. The van der Waals surface area contributed by atoms with Gasteiger partial charge in [0, 0.05) is 18.7 Å². The summed E-state index contributed by atoms with van der Waals surface area (Å²) in [5.74, 6) is -0.186. The second-order valence-electron chi connectivity index (χ2n) is 7.68. The Labute approximate surface area is 195 Å². The smallest absolute Gasteiger partial charge is 0.422 e. The average Bonchev–Trinajstić information content (AvgIpc) is 2.82. The molecule has 184 valence electrons. The molecule has 2 amide bonds. The number of benzene rings is 2. The van der Waals surface area contributed by atoms with Gasteiger partial charge in [-0.1, -0.05) is 12.1 Å². The predicted molar refractivity (Wildman–Crippen MR) is 119 cm³/mol. The van der Waals surface area contributed by atoms with Crippen LogP contribution in [-0.4, -0.2) is 55.8 Å². The number of carbonyl (C=O) groups excluding carboxylic acids is 2. The van der Waals surface area contributed by atoms with E-state index in [2.05, 4.69) is 5.32 Å². The highest BCUT2D eigenvalue weighted by Crippen LogP contribution is 2.31. The zero-order chi connectivity index (χ0) is 24.6. The Kier molecular flexibility index (Phi) is 8.61. The van der Waals surface area contributed by atoms with E-state index < -0.39 is 18.7 Å². The fourth-order valence-corrected chi connectivity index (χ4v) is 3.46. The van der Waals surface area contributed by atoms with Crippen LogP contribution in [0.1, 0.15) is 36.5 Å². The number of hydrogen-bond acceptors (Lipinski definition) is 5. The monoisotopic (exact) mass is 480 g/mol. The molecule has 3 rings (SSSR count). The predicted octanol–water partition coefficient (Wildman–Crippen LogP) is 4.67. The molecule has 1 saturated heterocycles. The van der Waals surface area contributed by atoms with Crippen LogP contribution in [0.4, 0.5) is 18.9 Å². The third-order valence-corrected chi connectivity index (χ3v) is 5.09. The summed E-state index contributed by atoms with van der Waals surface area (Å²) in [5, 5.41) is 2.56. The molecule has 2 aromatic rings. The number of para-hydroxylation sites is 2. The number of halogens is 3. The van der Waals surface area contributed by atoms with E-state index in [0.717, 1.165) is 19.3 Å². The molecule has 0 aliphatic carbocycles. The van der Waals surface area contributed by atoms with E-state index in [-0.39, 0.29) is 35.3 Å². The summed E-state index contributed by atoms with van der Waals surface area (Å²) >= 11 is 0. The zero-order valence-electron chi connectivity index (χ0n) is 18.8. The number of anilines is 1. The van der Waals surface area contributed by atoms with Crippen molar-refractivity contribution in [1.29, 1.82) is 0 Å². The molecule has 1 aliphatic heterocycles. The van der Waals surface area contributed by atoms with Gasteiger partial charge in [-0.25, -0.2) is 0 Å². The molecular formula is C24H27F3N2O5. The molecule has 0 bridgehead atoms. The Balaban J connectivity index is 1.68. The number of rotatable bonds is 9.